The molecule has 1 aromatic carbocycles. The third-order valence-electron chi connectivity index (χ3n) is 2.58. The van der Waals surface area contributed by atoms with Gasteiger partial charge in [-0.15, -0.1) is 10.2 Å². The lowest BCUT2D eigenvalue weighted by atomic mass is 10.2. The van der Waals surface area contributed by atoms with Crippen molar-refractivity contribution in [1.82, 2.24) is 19.6 Å². The summed E-state index contributed by atoms with van der Waals surface area (Å²) in [5.74, 6) is 1.80. The molecule has 0 N–H and O–H groups in total. The van der Waals surface area contributed by atoms with Crippen LogP contribution >= 0.6 is 0 Å². The molecule has 74 valence electrons. The summed E-state index contributed by atoms with van der Waals surface area (Å²) in [5.41, 5.74) is 1.85. The number of nitrogens with zero attached hydrogens (tertiary/aromatic N) is 4. The highest BCUT2D eigenvalue weighted by atomic mass is 15.3. The Morgan fingerprint density at radius 2 is 1.80 bits per heavy atom. The number of aryl methyl sites for hydroxylation is 2. The molecular weight excluding hydrogens is 188 g/mol. The highest BCUT2D eigenvalue weighted by Crippen LogP contribution is 2.18. The predicted molar refractivity (Wildman–Crippen MR) is 57.8 cm³/mol. The zero-order chi connectivity index (χ0) is 10.4. The standard InChI is InChI=1S/C11H10N4/c1-7-12-10-6-4-3-5-9(10)11-14-13-8(2)15(7)11/h3-6H,1-2H3. The van der Waals surface area contributed by atoms with Gasteiger partial charge in [0.15, 0.2) is 5.65 Å². The fraction of sp³-hybridized carbons (Fsp3) is 0.182. The van der Waals surface area contributed by atoms with E-state index in [0.29, 0.717) is 0 Å². The minimum absolute atomic E-state index is 0.876. The zero-order valence-corrected chi connectivity index (χ0v) is 8.60. The van der Waals surface area contributed by atoms with Crippen LogP contribution in [0.4, 0.5) is 0 Å². The molecule has 2 aromatic heterocycles. The minimum atomic E-state index is 0.876. The van der Waals surface area contributed by atoms with Gasteiger partial charge in [-0.2, -0.15) is 0 Å². The molecule has 0 amide bonds. The molecule has 0 radical (unpaired) electrons. The first-order valence-corrected chi connectivity index (χ1v) is 4.84. The van der Waals surface area contributed by atoms with Crippen molar-refractivity contribution in [2.75, 3.05) is 0 Å². The molecule has 0 fully saturated rings. The van der Waals surface area contributed by atoms with Gasteiger partial charge in [0.25, 0.3) is 0 Å². The summed E-state index contributed by atoms with van der Waals surface area (Å²) in [5, 5.41) is 9.30. The van der Waals surface area contributed by atoms with Crippen molar-refractivity contribution in [3.63, 3.8) is 0 Å². The quantitative estimate of drug-likeness (QED) is 0.554. The first kappa shape index (κ1) is 8.35. The van der Waals surface area contributed by atoms with Gasteiger partial charge in [-0.3, -0.25) is 4.40 Å². The SMILES string of the molecule is Cc1nnc2c3ccccc3nc(C)n12. The molecule has 0 unspecified atom stereocenters. The lowest BCUT2D eigenvalue weighted by Gasteiger charge is -2.03. The summed E-state index contributed by atoms with van der Waals surface area (Å²) in [7, 11) is 0. The molecule has 0 saturated carbocycles. The van der Waals surface area contributed by atoms with E-state index in [9.17, 15) is 0 Å². The second-order valence-electron chi connectivity index (χ2n) is 3.58. The van der Waals surface area contributed by atoms with Crippen LogP contribution in [-0.2, 0) is 0 Å². The molecule has 0 spiro atoms. The Labute approximate surface area is 86.6 Å². The van der Waals surface area contributed by atoms with Crippen molar-refractivity contribution in [3.05, 3.63) is 35.9 Å². The number of fused-ring (bicyclic) bond motifs is 3. The van der Waals surface area contributed by atoms with Crippen LogP contribution in [0, 0.1) is 13.8 Å². The van der Waals surface area contributed by atoms with Crippen molar-refractivity contribution >= 4 is 16.6 Å². The van der Waals surface area contributed by atoms with Gasteiger partial charge in [-0.05, 0) is 26.0 Å². The van der Waals surface area contributed by atoms with Crippen LogP contribution in [-0.4, -0.2) is 19.6 Å². The van der Waals surface area contributed by atoms with Crippen molar-refractivity contribution in [2.24, 2.45) is 0 Å². The van der Waals surface area contributed by atoms with Crippen LogP contribution in [0.3, 0.4) is 0 Å². The Hall–Kier alpha value is -1.97. The Balaban J connectivity index is 2.65. The molecule has 0 aliphatic carbocycles. The lowest BCUT2D eigenvalue weighted by Crippen LogP contribution is -1.98. The summed E-state index contributed by atoms with van der Waals surface area (Å²) < 4.78 is 1.97. The number of benzene rings is 1. The fourth-order valence-corrected chi connectivity index (χ4v) is 1.91. The van der Waals surface area contributed by atoms with Gasteiger partial charge in [-0.25, -0.2) is 4.98 Å². The lowest BCUT2D eigenvalue weighted by molar-refractivity contribution is 0.941. The molecule has 0 aliphatic heterocycles. The summed E-state index contributed by atoms with van der Waals surface area (Å²) in [6.45, 7) is 3.90. The Bertz CT molecular complexity index is 654. The second kappa shape index (κ2) is 2.76. The molecule has 4 heteroatoms. The molecule has 3 rings (SSSR count). The van der Waals surface area contributed by atoms with Gasteiger partial charge >= 0.3 is 0 Å². The Kier molecular flexibility index (Phi) is 1.54. The Morgan fingerprint density at radius 1 is 1.00 bits per heavy atom. The number of rotatable bonds is 0. The largest absolute Gasteiger partial charge is 0.266 e. The predicted octanol–water partition coefficient (Wildman–Crippen LogP) is 1.89. The van der Waals surface area contributed by atoms with Crippen LogP contribution in [0.15, 0.2) is 24.3 Å². The second-order valence-corrected chi connectivity index (χ2v) is 3.58. The van der Waals surface area contributed by atoms with Crippen LogP contribution in [0.1, 0.15) is 11.6 Å². The van der Waals surface area contributed by atoms with Crippen molar-refractivity contribution in [3.8, 4) is 0 Å². The molecule has 3 aromatic rings. The minimum Gasteiger partial charge on any atom is -0.266 e. The average Bonchev–Trinajstić information content (AvgIpc) is 2.62. The Morgan fingerprint density at radius 3 is 2.67 bits per heavy atom. The van der Waals surface area contributed by atoms with Crippen LogP contribution in [0.5, 0.6) is 0 Å². The first-order chi connectivity index (χ1) is 7.27. The normalized spacial score (nSPS) is 11.3. The van der Waals surface area contributed by atoms with E-state index in [-0.39, 0.29) is 0 Å². The van der Waals surface area contributed by atoms with E-state index in [4.69, 9.17) is 0 Å². The van der Waals surface area contributed by atoms with E-state index >= 15 is 0 Å². The highest BCUT2D eigenvalue weighted by molar-refractivity contribution is 5.91. The van der Waals surface area contributed by atoms with Gasteiger partial charge < -0.3 is 0 Å². The third kappa shape index (κ3) is 1.05. The van der Waals surface area contributed by atoms with Gasteiger partial charge in [0.1, 0.15) is 11.6 Å². The topological polar surface area (TPSA) is 43.1 Å². The smallest absolute Gasteiger partial charge is 0.171 e. The number of aromatic nitrogens is 4. The van der Waals surface area contributed by atoms with Gasteiger partial charge in [0, 0.05) is 5.39 Å². The van der Waals surface area contributed by atoms with Crippen LogP contribution < -0.4 is 0 Å². The molecule has 15 heavy (non-hydrogen) atoms. The van der Waals surface area contributed by atoms with Crippen molar-refractivity contribution in [1.29, 1.82) is 0 Å². The highest BCUT2D eigenvalue weighted by Gasteiger charge is 2.08. The van der Waals surface area contributed by atoms with E-state index in [1.54, 1.807) is 0 Å². The van der Waals surface area contributed by atoms with Crippen molar-refractivity contribution in [2.45, 2.75) is 13.8 Å². The molecule has 0 saturated heterocycles. The molecule has 0 bridgehead atoms. The molecule has 4 nitrogen and oxygen atoms in total. The van der Waals surface area contributed by atoms with E-state index in [2.05, 4.69) is 15.2 Å². The van der Waals surface area contributed by atoms with E-state index in [0.717, 1.165) is 28.2 Å². The van der Waals surface area contributed by atoms with E-state index in [1.165, 1.54) is 0 Å². The summed E-state index contributed by atoms with van der Waals surface area (Å²) in [6.07, 6.45) is 0. The first-order valence-electron chi connectivity index (χ1n) is 4.84. The van der Waals surface area contributed by atoms with E-state index in [1.807, 2.05) is 42.5 Å². The summed E-state index contributed by atoms with van der Waals surface area (Å²) in [4.78, 5) is 4.52. The molecule has 0 aliphatic rings. The fourth-order valence-electron chi connectivity index (χ4n) is 1.91. The monoisotopic (exact) mass is 198 g/mol. The number of para-hydroxylation sites is 1. The molecule has 0 atom stereocenters. The van der Waals surface area contributed by atoms with Gasteiger partial charge in [0.2, 0.25) is 0 Å². The maximum absolute atomic E-state index is 4.52. The number of hydrogen-bond acceptors (Lipinski definition) is 3. The average molecular weight is 198 g/mol. The maximum Gasteiger partial charge on any atom is 0.171 e. The van der Waals surface area contributed by atoms with E-state index < -0.39 is 0 Å². The summed E-state index contributed by atoms with van der Waals surface area (Å²) in [6, 6.07) is 7.98. The number of hydrogen-bond donors (Lipinski definition) is 0. The van der Waals surface area contributed by atoms with Gasteiger partial charge in [-0.1, -0.05) is 12.1 Å². The third-order valence-corrected chi connectivity index (χ3v) is 2.58. The molecular formula is C11H10N4. The van der Waals surface area contributed by atoms with Crippen LogP contribution in [0.25, 0.3) is 16.6 Å². The van der Waals surface area contributed by atoms with Crippen LogP contribution in [0.2, 0.25) is 0 Å². The maximum atomic E-state index is 4.52. The molecule has 2 heterocycles. The van der Waals surface area contributed by atoms with Gasteiger partial charge in [0.05, 0.1) is 5.52 Å². The summed E-state index contributed by atoms with van der Waals surface area (Å²) >= 11 is 0. The zero-order valence-electron chi connectivity index (χ0n) is 8.60. The van der Waals surface area contributed by atoms with Crippen molar-refractivity contribution < 1.29 is 0 Å².